The minimum Gasteiger partial charge on any atom is -0.491 e. The van der Waals surface area contributed by atoms with Gasteiger partial charge in [0.2, 0.25) is 6.41 Å². The smallest absolute Gasteiger partial charge is 0.325 e. The molecule has 0 aromatic heterocycles. The van der Waals surface area contributed by atoms with Gasteiger partial charge in [0.15, 0.2) is 0 Å². The van der Waals surface area contributed by atoms with E-state index < -0.39 is 17.6 Å². The predicted molar refractivity (Wildman–Crippen MR) is 114 cm³/mol. The molecule has 4 amide bonds. The number of carbonyl (C=O) groups is 3. The summed E-state index contributed by atoms with van der Waals surface area (Å²) >= 11 is 0. The van der Waals surface area contributed by atoms with Crippen LogP contribution in [-0.4, -0.2) is 59.9 Å². The van der Waals surface area contributed by atoms with Crippen molar-refractivity contribution in [3.8, 4) is 16.9 Å². The molecule has 0 radical (unpaired) electrons. The summed E-state index contributed by atoms with van der Waals surface area (Å²) in [6.07, 6.45) is 0.665. The van der Waals surface area contributed by atoms with E-state index in [0.717, 1.165) is 16.0 Å². The maximum Gasteiger partial charge on any atom is 0.325 e. The molecular formula is C23H27N3O4. The van der Waals surface area contributed by atoms with E-state index in [1.807, 2.05) is 31.2 Å². The second-order valence-electron chi connectivity index (χ2n) is 8.10. The van der Waals surface area contributed by atoms with Gasteiger partial charge in [-0.25, -0.2) is 4.79 Å². The Labute approximate surface area is 176 Å². The lowest BCUT2D eigenvalue weighted by molar-refractivity contribution is -0.132. The molecule has 2 aromatic rings. The van der Waals surface area contributed by atoms with E-state index in [4.69, 9.17) is 4.74 Å². The fourth-order valence-corrected chi connectivity index (χ4v) is 3.26. The minimum absolute atomic E-state index is 0.0603. The van der Waals surface area contributed by atoms with Crippen molar-refractivity contribution in [3.63, 3.8) is 0 Å². The molecular weight excluding hydrogens is 382 g/mol. The highest BCUT2D eigenvalue weighted by Crippen LogP contribution is 2.23. The van der Waals surface area contributed by atoms with Crippen molar-refractivity contribution in [1.29, 1.82) is 0 Å². The van der Waals surface area contributed by atoms with Gasteiger partial charge in [0.05, 0.1) is 12.6 Å². The lowest BCUT2D eigenvalue weighted by Gasteiger charge is -2.28. The SMILES string of the molecule is Cc1ccc(-c2ccc(OC[C@H](CN3C(=O)NC(C)(C)C3=O)N(C)C=O)cc2)cc1. The molecule has 3 rings (SSSR count). The first-order valence-electron chi connectivity index (χ1n) is 9.82. The van der Waals surface area contributed by atoms with Crippen molar-refractivity contribution in [2.24, 2.45) is 0 Å². The zero-order chi connectivity index (χ0) is 21.9. The first-order chi connectivity index (χ1) is 14.2. The monoisotopic (exact) mass is 409 g/mol. The summed E-state index contributed by atoms with van der Waals surface area (Å²) in [6, 6.07) is 15.0. The molecule has 0 saturated carbocycles. The van der Waals surface area contributed by atoms with Crippen LogP contribution in [0.25, 0.3) is 11.1 Å². The lowest BCUT2D eigenvalue weighted by Crippen LogP contribution is -2.48. The van der Waals surface area contributed by atoms with Crippen LogP contribution in [0.5, 0.6) is 5.75 Å². The Morgan fingerprint density at radius 3 is 2.13 bits per heavy atom. The van der Waals surface area contributed by atoms with E-state index >= 15 is 0 Å². The Balaban J connectivity index is 1.66. The zero-order valence-corrected chi connectivity index (χ0v) is 17.7. The molecule has 1 fully saturated rings. The van der Waals surface area contributed by atoms with Crippen LogP contribution >= 0.6 is 0 Å². The Bertz CT molecular complexity index is 922. The molecule has 1 aliphatic heterocycles. The van der Waals surface area contributed by atoms with E-state index in [0.29, 0.717) is 12.2 Å². The number of nitrogens with one attached hydrogen (secondary N) is 1. The number of urea groups is 1. The minimum atomic E-state index is -0.950. The van der Waals surface area contributed by atoms with Gasteiger partial charge in [-0.1, -0.05) is 42.0 Å². The highest BCUT2D eigenvalue weighted by atomic mass is 16.5. The fourth-order valence-electron chi connectivity index (χ4n) is 3.26. The van der Waals surface area contributed by atoms with E-state index in [1.165, 1.54) is 10.5 Å². The van der Waals surface area contributed by atoms with Gasteiger partial charge >= 0.3 is 6.03 Å². The van der Waals surface area contributed by atoms with Gasteiger partial charge in [0, 0.05) is 7.05 Å². The molecule has 2 aromatic carbocycles. The maximum atomic E-state index is 12.4. The topological polar surface area (TPSA) is 79.0 Å². The maximum absolute atomic E-state index is 12.4. The largest absolute Gasteiger partial charge is 0.491 e. The Morgan fingerprint density at radius 1 is 1.07 bits per heavy atom. The molecule has 7 heteroatoms. The predicted octanol–water partition coefficient (Wildman–Crippen LogP) is 2.83. The molecule has 1 atom stereocenters. The average molecular weight is 409 g/mol. The number of benzene rings is 2. The van der Waals surface area contributed by atoms with Gasteiger partial charge in [0.1, 0.15) is 17.9 Å². The number of nitrogens with zero attached hydrogens (tertiary/aromatic N) is 2. The number of amides is 4. The molecule has 30 heavy (non-hydrogen) atoms. The number of hydrogen-bond acceptors (Lipinski definition) is 4. The lowest BCUT2D eigenvalue weighted by atomic mass is 10.0. The molecule has 0 spiro atoms. The number of aryl methyl sites for hydroxylation is 1. The van der Waals surface area contributed by atoms with E-state index in [-0.39, 0.29) is 19.1 Å². The van der Waals surface area contributed by atoms with Crippen LogP contribution in [0.15, 0.2) is 48.5 Å². The van der Waals surface area contributed by atoms with Gasteiger partial charge < -0.3 is 15.0 Å². The van der Waals surface area contributed by atoms with Crippen molar-refractivity contribution in [1.82, 2.24) is 15.1 Å². The highest BCUT2D eigenvalue weighted by Gasteiger charge is 2.45. The first kappa shape index (κ1) is 21.4. The average Bonchev–Trinajstić information content (AvgIpc) is 2.92. The second kappa shape index (κ2) is 8.57. The summed E-state index contributed by atoms with van der Waals surface area (Å²) < 4.78 is 5.86. The first-order valence-corrected chi connectivity index (χ1v) is 9.82. The normalized spacial score (nSPS) is 16.2. The quantitative estimate of drug-likeness (QED) is 0.537. The third-order valence-corrected chi connectivity index (χ3v) is 5.26. The van der Waals surface area contributed by atoms with E-state index in [2.05, 4.69) is 29.6 Å². The fraction of sp³-hybridized carbons (Fsp3) is 0.348. The Morgan fingerprint density at radius 2 is 1.63 bits per heavy atom. The number of likely N-dealkylation sites (N-methyl/N-ethyl adjacent to an activating group) is 1. The van der Waals surface area contributed by atoms with Crippen molar-refractivity contribution >= 4 is 18.3 Å². The van der Waals surface area contributed by atoms with E-state index in [1.54, 1.807) is 20.9 Å². The summed E-state index contributed by atoms with van der Waals surface area (Å²) in [5, 5.41) is 2.64. The molecule has 0 bridgehead atoms. The van der Waals surface area contributed by atoms with Crippen LogP contribution < -0.4 is 10.1 Å². The third-order valence-electron chi connectivity index (χ3n) is 5.26. The molecule has 1 N–H and O–H groups in total. The van der Waals surface area contributed by atoms with Gasteiger partial charge in [-0.05, 0) is 44.0 Å². The van der Waals surface area contributed by atoms with Crippen molar-refractivity contribution in [3.05, 3.63) is 54.1 Å². The van der Waals surface area contributed by atoms with Crippen LogP contribution in [0.1, 0.15) is 19.4 Å². The van der Waals surface area contributed by atoms with E-state index in [9.17, 15) is 14.4 Å². The number of imide groups is 1. The van der Waals surface area contributed by atoms with Crippen LogP contribution in [0.3, 0.4) is 0 Å². The number of rotatable bonds is 8. The van der Waals surface area contributed by atoms with Crippen molar-refractivity contribution in [2.45, 2.75) is 32.4 Å². The molecule has 7 nitrogen and oxygen atoms in total. The van der Waals surface area contributed by atoms with Crippen molar-refractivity contribution < 1.29 is 19.1 Å². The molecule has 1 heterocycles. The molecule has 0 aliphatic carbocycles. The zero-order valence-electron chi connectivity index (χ0n) is 17.7. The van der Waals surface area contributed by atoms with Gasteiger partial charge in [-0.3, -0.25) is 14.5 Å². The Hall–Kier alpha value is -3.35. The van der Waals surface area contributed by atoms with Gasteiger partial charge in [-0.2, -0.15) is 0 Å². The summed E-state index contributed by atoms with van der Waals surface area (Å²) in [5.41, 5.74) is 2.45. The molecule has 158 valence electrons. The number of carbonyl (C=O) groups excluding carboxylic acids is 3. The van der Waals surface area contributed by atoms with Crippen LogP contribution in [0.2, 0.25) is 0 Å². The van der Waals surface area contributed by atoms with Crippen LogP contribution in [0.4, 0.5) is 4.79 Å². The summed E-state index contributed by atoms with van der Waals surface area (Å²) in [4.78, 5) is 38.5. The van der Waals surface area contributed by atoms with Crippen LogP contribution in [-0.2, 0) is 9.59 Å². The Kier molecular flexibility index (Phi) is 6.10. The standard InChI is InChI=1S/C23H27N3O4/c1-16-5-7-17(8-6-16)18-9-11-20(12-10-18)30-14-19(25(4)15-27)13-26-21(28)23(2,3)24-22(26)29/h5-12,15,19H,13-14H2,1-4H3,(H,24,29)/t19-/m0/s1. The molecule has 0 unspecified atom stereocenters. The summed E-state index contributed by atoms with van der Waals surface area (Å²) in [6.45, 7) is 5.56. The van der Waals surface area contributed by atoms with Crippen molar-refractivity contribution in [2.75, 3.05) is 20.2 Å². The molecule has 1 aliphatic rings. The third kappa shape index (κ3) is 4.62. The molecule has 1 saturated heterocycles. The summed E-state index contributed by atoms with van der Waals surface area (Å²) in [5.74, 6) is 0.326. The van der Waals surface area contributed by atoms with Gasteiger partial charge in [0.25, 0.3) is 5.91 Å². The highest BCUT2D eigenvalue weighted by molar-refractivity contribution is 6.06. The second-order valence-corrected chi connectivity index (χ2v) is 8.10. The number of hydrogen-bond donors (Lipinski definition) is 1. The number of ether oxygens (including phenoxy) is 1. The van der Waals surface area contributed by atoms with Gasteiger partial charge in [-0.15, -0.1) is 0 Å². The summed E-state index contributed by atoms with van der Waals surface area (Å²) in [7, 11) is 1.60. The van der Waals surface area contributed by atoms with Crippen LogP contribution in [0, 0.1) is 6.92 Å².